The SMILES string of the molecule is O=C(CSc1nc2c(c(C(F)(F)F)n1)CCc1ccccc1-2)Nc1c(F)cc(F)cc1Br. The van der Waals surface area contributed by atoms with Gasteiger partial charge in [0, 0.05) is 21.7 Å². The average Bonchev–Trinajstić information content (AvgIpc) is 2.73. The van der Waals surface area contributed by atoms with Crippen LogP contribution < -0.4 is 5.32 Å². The molecule has 1 aliphatic carbocycles. The van der Waals surface area contributed by atoms with Crippen LogP contribution in [0.3, 0.4) is 0 Å². The molecule has 1 aromatic heterocycles. The highest BCUT2D eigenvalue weighted by molar-refractivity contribution is 9.10. The molecule has 0 bridgehead atoms. The number of anilines is 1. The van der Waals surface area contributed by atoms with E-state index in [9.17, 15) is 26.7 Å². The first-order valence-corrected chi connectivity index (χ1v) is 11.0. The number of alkyl halides is 3. The van der Waals surface area contributed by atoms with Crippen LogP contribution >= 0.6 is 27.7 Å². The first kappa shape index (κ1) is 22.7. The number of fused-ring (bicyclic) bond motifs is 3. The molecule has 1 aliphatic rings. The molecule has 3 aromatic rings. The van der Waals surface area contributed by atoms with Crippen LogP contribution in [0.4, 0.5) is 27.6 Å². The molecule has 32 heavy (non-hydrogen) atoms. The topological polar surface area (TPSA) is 54.9 Å². The molecule has 1 heterocycles. The summed E-state index contributed by atoms with van der Waals surface area (Å²) in [6.45, 7) is 0. The van der Waals surface area contributed by atoms with Crippen LogP contribution in [0, 0.1) is 11.6 Å². The largest absolute Gasteiger partial charge is 0.433 e. The zero-order valence-corrected chi connectivity index (χ0v) is 18.5. The van der Waals surface area contributed by atoms with Crippen molar-refractivity contribution in [2.75, 3.05) is 11.1 Å². The lowest BCUT2D eigenvalue weighted by atomic mass is 9.88. The number of halogens is 6. The van der Waals surface area contributed by atoms with Gasteiger partial charge in [0.05, 0.1) is 17.1 Å². The molecule has 0 unspecified atom stereocenters. The van der Waals surface area contributed by atoms with Crippen molar-refractivity contribution in [1.29, 1.82) is 0 Å². The highest BCUT2D eigenvalue weighted by Crippen LogP contribution is 2.40. The van der Waals surface area contributed by atoms with E-state index in [1.807, 2.05) is 12.1 Å². The summed E-state index contributed by atoms with van der Waals surface area (Å²) < 4.78 is 68.1. The van der Waals surface area contributed by atoms with E-state index in [1.165, 1.54) is 0 Å². The number of rotatable bonds is 4. The second-order valence-corrected chi connectivity index (χ2v) is 8.71. The van der Waals surface area contributed by atoms with E-state index in [-0.39, 0.29) is 38.7 Å². The fraction of sp³-hybridized carbons (Fsp3) is 0.190. The molecule has 0 saturated carbocycles. The Morgan fingerprint density at radius 1 is 1.12 bits per heavy atom. The summed E-state index contributed by atoms with van der Waals surface area (Å²) in [5.74, 6) is -2.90. The Morgan fingerprint density at radius 3 is 2.59 bits per heavy atom. The molecular formula is C21H13BrF5N3OS. The van der Waals surface area contributed by atoms with Crippen LogP contribution in [-0.4, -0.2) is 21.6 Å². The van der Waals surface area contributed by atoms with Gasteiger partial charge in [-0.15, -0.1) is 0 Å². The summed E-state index contributed by atoms with van der Waals surface area (Å²) in [4.78, 5) is 20.2. The molecule has 166 valence electrons. The lowest BCUT2D eigenvalue weighted by Gasteiger charge is -2.22. The lowest BCUT2D eigenvalue weighted by molar-refractivity contribution is -0.142. The van der Waals surface area contributed by atoms with Crippen LogP contribution in [0.1, 0.15) is 16.8 Å². The quantitative estimate of drug-likeness (QED) is 0.254. The lowest BCUT2D eigenvalue weighted by Crippen LogP contribution is -2.19. The van der Waals surface area contributed by atoms with Crippen LogP contribution in [0.5, 0.6) is 0 Å². The predicted octanol–water partition coefficient (Wildman–Crippen LogP) is 6.03. The number of nitrogens with zero attached hydrogens (tertiary/aromatic N) is 2. The van der Waals surface area contributed by atoms with Crippen molar-refractivity contribution in [3.8, 4) is 11.3 Å². The Bertz CT molecular complexity index is 1200. The second kappa shape index (κ2) is 8.78. The smallest absolute Gasteiger partial charge is 0.322 e. The third kappa shape index (κ3) is 4.63. The molecule has 0 aliphatic heterocycles. The number of nitrogens with one attached hydrogen (secondary N) is 1. The van der Waals surface area contributed by atoms with Gasteiger partial charge < -0.3 is 5.32 Å². The third-order valence-electron chi connectivity index (χ3n) is 4.78. The minimum absolute atomic E-state index is 0.00524. The number of carbonyl (C=O) groups excluding carboxylic acids is 1. The predicted molar refractivity (Wildman–Crippen MR) is 113 cm³/mol. The van der Waals surface area contributed by atoms with Gasteiger partial charge >= 0.3 is 6.18 Å². The fourth-order valence-electron chi connectivity index (χ4n) is 3.42. The standard InChI is InChI=1S/C21H13BrF5N3OS/c22-14-7-11(23)8-15(24)18(14)28-16(31)9-32-20-29-17-12-4-2-1-3-10(12)5-6-13(17)19(30-20)21(25,26)27/h1-4,7-8H,5-6,9H2,(H,28,31). The van der Waals surface area contributed by atoms with E-state index in [0.29, 0.717) is 29.8 Å². The molecule has 1 N–H and O–H groups in total. The first-order valence-electron chi connectivity index (χ1n) is 9.27. The van der Waals surface area contributed by atoms with Crippen molar-refractivity contribution < 1.29 is 26.7 Å². The number of hydrogen-bond donors (Lipinski definition) is 1. The van der Waals surface area contributed by atoms with E-state index in [2.05, 4.69) is 31.2 Å². The minimum Gasteiger partial charge on any atom is -0.322 e. The summed E-state index contributed by atoms with van der Waals surface area (Å²) >= 11 is 3.65. The number of carbonyl (C=O) groups is 1. The maximum absolute atomic E-state index is 13.9. The molecule has 11 heteroatoms. The number of amides is 1. The second-order valence-electron chi connectivity index (χ2n) is 6.92. The number of thioether (sulfide) groups is 1. The molecule has 0 fully saturated rings. The van der Waals surface area contributed by atoms with Crippen molar-refractivity contribution in [3.63, 3.8) is 0 Å². The third-order valence-corrected chi connectivity index (χ3v) is 6.25. The monoisotopic (exact) mass is 529 g/mol. The molecule has 4 nitrogen and oxygen atoms in total. The number of aryl methyl sites for hydroxylation is 1. The van der Waals surface area contributed by atoms with Crippen molar-refractivity contribution >= 4 is 39.3 Å². The van der Waals surface area contributed by atoms with E-state index in [1.54, 1.807) is 12.1 Å². The summed E-state index contributed by atoms with van der Waals surface area (Å²) in [5, 5.41) is 2.05. The molecule has 1 amide bonds. The van der Waals surface area contributed by atoms with Crippen molar-refractivity contribution in [2.24, 2.45) is 0 Å². The van der Waals surface area contributed by atoms with E-state index in [0.717, 1.165) is 11.6 Å². The van der Waals surface area contributed by atoms with Crippen molar-refractivity contribution in [2.45, 2.75) is 24.2 Å². The summed E-state index contributed by atoms with van der Waals surface area (Å²) in [5.41, 5.74) is 0.426. The zero-order chi connectivity index (χ0) is 23.0. The van der Waals surface area contributed by atoms with Gasteiger partial charge in [-0.25, -0.2) is 18.7 Å². The zero-order valence-electron chi connectivity index (χ0n) is 16.1. The van der Waals surface area contributed by atoms with E-state index >= 15 is 0 Å². The fourth-order valence-corrected chi connectivity index (χ4v) is 4.57. The maximum atomic E-state index is 13.9. The number of benzene rings is 2. The average molecular weight is 530 g/mol. The summed E-state index contributed by atoms with van der Waals surface area (Å²) in [6.07, 6.45) is -4.08. The molecule has 2 aromatic carbocycles. The van der Waals surface area contributed by atoms with Gasteiger partial charge in [-0.2, -0.15) is 13.2 Å². The van der Waals surface area contributed by atoms with Gasteiger partial charge in [0.15, 0.2) is 16.7 Å². The van der Waals surface area contributed by atoms with Gasteiger partial charge in [0.1, 0.15) is 5.82 Å². The maximum Gasteiger partial charge on any atom is 0.433 e. The van der Waals surface area contributed by atoms with E-state index < -0.39 is 29.4 Å². The normalized spacial score (nSPS) is 12.8. The first-order chi connectivity index (χ1) is 15.1. The van der Waals surface area contributed by atoms with Gasteiger partial charge in [-0.1, -0.05) is 36.0 Å². The van der Waals surface area contributed by atoms with Crippen molar-refractivity contribution in [1.82, 2.24) is 9.97 Å². The van der Waals surface area contributed by atoms with Gasteiger partial charge in [-0.05, 0) is 40.4 Å². The number of hydrogen-bond acceptors (Lipinski definition) is 4. The van der Waals surface area contributed by atoms with Crippen LogP contribution in [0.2, 0.25) is 0 Å². The molecule has 4 rings (SSSR count). The highest BCUT2D eigenvalue weighted by atomic mass is 79.9. The van der Waals surface area contributed by atoms with Gasteiger partial charge in [0.2, 0.25) is 5.91 Å². The highest BCUT2D eigenvalue weighted by Gasteiger charge is 2.38. The minimum atomic E-state index is -4.68. The Hall–Kier alpha value is -2.53. The van der Waals surface area contributed by atoms with E-state index in [4.69, 9.17) is 0 Å². The molecule has 0 atom stereocenters. The van der Waals surface area contributed by atoms with Crippen LogP contribution in [0.25, 0.3) is 11.3 Å². The summed E-state index contributed by atoms with van der Waals surface area (Å²) in [7, 11) is 0. The van der Waals surface area contributed by atoms with Crippen LogP contribution in [-0.2, 0) is 23.8 Å². The number of aromatic nitrogens is 2. The molecule has 0 radical (unpaired) electrons. The van der Waals surface area contributed by atoms with Crippen LogP contribution in [0.15, 0.2) is 46.0 Å². The Morgan fingerprint density at radius 2 is 1.88 bits per heavy atom. The Balaban J connectivity index is 1.61. The molecular weight excluding hydrogens is 517 g/mol. The van der Waals surface area contributed by atoms with Gasteiger partial charge in [-0.3, -0.25) is 4.79 Å². The molecule has 0 spiro atoms. The molecule has 0 saturated heterocycles. The Kier molecular flexibility index (Phi) is 6.22. The summed E-state index contributed by atoms with van der Waals surface area (Å²) in [6, 6.07) is 8.65. The van der Waals surface area contributed by atoms with Gasteiger partial charge in [0.25, 0.3) is 0 Å². The van der Waals surface area contributed by atoms with Crippen molar-refractivity contribution in [3.05, 3.63) is 69.3 Å². The Labute approximate surface area is 191 Å².